The maximum Gasteiger partial charge on any atom is 0.298 e. The first kappa shape index (κ1) is 26.5. The summed E-state index contributed by atoms with van der Waals surface area (Å²) in [6.45, 7) is 6.39. The number of nitrogens with zero attached hydrogens (tertiary/aromatic N) is 4. The zero-order valence-electron chi connectivity index (χ0n) is 22.1. The van der Waals surface area contributed by atoms with Gasteiger partial charge in [-0.25, -0.2) is 9.98 Å². The van der Waals surface area contributed by atoms with Crippen LogP contribution in [0, 0.1) is 11.8 Å². The fourth-order valence-electron chi connectivity index (χ4n) is 4.96. The fourth-order valence-corrected chi connectivity index (χ4v) is 4.96. The number of amides is 2. The highest BCUT2D eigenvalue weighted by molar-refractivity contribution is 6.07. The van der Waals surface area contributed by atoms with Gasteiger partial charge in [0, 0.05) is 25.1 Å². The van der Waals surface area contributed by atoms with E-state index < -0.39 is 0 Å². The van der Waals surface area contributed by atoms with Crippen molar-refractivity contribution in [3.8, 4) is 17.6 Å². The number of anilines is 1. The number of methoxy groups -OCH3 is 1. The highest BCUT2D eigenvalue weighted by atomic mass is 16.5. The molecule has 4 rings (SSSR count). The number of carbonyl (C=O) groups is 2. The summed E-state index contributed by atoms with van der Waals surface area (Å²) in [5.74, 6) is 6.15. The monoisotopic (exact) mass is 512 g/mol. The van der Waals surface area contributed by atoms with Crippen LogP contribution in [0.5, 0.6) is 5.75 Å². The first-order valence-electron chi connectivity index (χ1n) is 12.5. The van der Waals surface area contributed by atoms with E-state index in [0.29, 0.717) is 29.5 Å². The molecule has 0 radical (unpaired) electrons. The molecule has 9 nitrogen and oxygen atoms in total. The minimum absolute atomic E-state index is 0.0195. The summed E-state index contributed by atoms with van der Waals surface area (Å²) < 4.78 is 5.58. The van der Waals surface area contributed by atoms with Crippen molar-refractivity contribution < 1.29 is 14.3 Å². The van der Waals surface area contributed by atoms with Crippen molar-refractivity contribution in [2.45, 2.75) is 45.7 Å². The van der Waals surface area contributed by atoms with Crippen molar-refractivity contribution in [1.82, 2.24) is 14.8 Å². The Kier molecular flexibility index (Phi) is 8.12. The van der Waals surface area contributed by atoms with E-state index in [4.69, 9.17) is 10.5 Å². The number of allylic oxidation sites excluding steroid dienone is 1. The van der Waals surface area contributed by atoms with Crippen molar-refractivity contribution in [2.75, 3.05) is 19.0 Å². The van der Waals surface area contributed by atoms with E-state index in [9.17, 15) is 9.59 Å². The molecule has 2 atom stereocenters. The molecule has 196 valence electrons. The molecule has 9 heteroatoms. The third-order valence-electron chi connectivity index (χ3n) is 6.87. The first-order chi connectivity index (χ1) is 18.3. The van der Waals surface area contributed by atoms with Gasteiger partial charge in [0.15, 0.2) is 0 Å². The maximum atomic E-state index is 12.9. The van der Waals surface area contributed by atoms with Crippen LogP contribution in [0.1, 0.15) is 49.5 Å². The van der Waals surface area contributed by atoms with E-state index in [1.165, 1.54) is 7.11 Å². The summed E-state index contributed by atoms with van der Waals surface area (Å²) in [7, 11) is 1.53. The van der Waals surface area contributed by atoms with Crippen molar-refractivity contribution in [3.05, 3.63) is 71.8 Å². The van der Waals surface area contributed by atoms with Gasteiger partial charge in [0.2, 0.25) is 0 Å². The second-order valence-corrected chi connectivity index (χ2v) is 9.10. The number of amidine groups is 1. The van der Waals surface area contributed by atoms with Crippen LogP contribution in [0.15, 0.2) is 65.7 Å². The topological polar surface area (TPSA) is 113 Å². The van der Waals surface area contributed by atoms with Gasteiger partial charge >= 0.3 is 0 Å². The van der Waals surface area contributed by atoms with Gasteiger partial charge in [-0.15, -0.1) is 0 Å². The van der Waals surface area contributed by atoms with Gasteiger partial charge in [-0.2, -0.15) is 0 Å². The summed E-state index contributed by atoms with van der Waals surface area (Å²) in [5.41, 5.74) is 9.23. The number of benzene rings is 1. The van der Waals surface area contributed by atoms with E-state index in [1.54, 1.807) is 43.6 Å². The largest absolute Gasteiger partial charge is 0.496 e. The van der Waals surface area contributed by atoms with Crippen LogP contribution < -0.4 is 15.8 Å². The number of hydrogen-bond acceptors (Lipinski definition) is 7. The summed E-state index contributed by atoms with van der Waals surface area (Å²) in [5, 5.41) is 2.79. The number of hydrogen-bond donors (Lipinski definition) is 2. The molecule has 0 saturated carbocycles. The van der Waals surface area contributed by atoms with Gasteiger partial charge in [-0.1, -0.05) is 18.1 Å². The molecule has 0 bridgehead atoms. The molecule has 2 aromatic rings. The maximum absolute atomic E-state index is 12.9. The molecule has 3 heterocycles. The van der Waals surface area contributed by atoms with Gasteiger partial charge < -0.3 is 25.6 Å². The Morgan fingerprint density at radius 1 is 1.26 bits per heavy atom. The number of aromatic nitrogens is 1. The predicted octanol–water partition coefficient (Wildman–Crippen LogP) is 3.62. The number of likely N-dealkylation sites (tertiary alicyclic amines) is 1. The van der Waals surface area contributed by atoms with E-state index in [-0.39, 0.29) is 23.9 Å². The number of nitrogens with two attached hydrogens (primary N) is 1. The molecule has 2 amide bonds. The van der Waals surface area contributed by atoms with Gasteiger partial charge in [0.1, 0.15) is 17.4 Å². The lowest BCUT2D eigenvalue weighted by atomic mass is 9.98. The Morgan fingerprint density at radius 3 is 2.79 bits per heavy atom. The Labute approximate surface area is 223 Å². The van der Waals surface area contributed by atoms with Crippen LogP contribution in [0.2, 0.25) is 0 Å². The zero-order valence-corrected chi connectivity index (χ0v) is 22.1. The fraction of sp³-hybridized carbons (Fsp3) is 0.310. The average molecular weight is 513 g/mol. The Morgan fingerprint density at radius 2 is 2.08 bits per heavy atom. The van der Waals surface area contributed by atoms with Crippen molar-refractivity contribution in [2.24, 2.45) is 10.7 Å². The number of aliphatic imine (C=N–C) groups is 1. The van der Waals surface area contributed by atoms with Gasteiger partial charge in [0.25, 0.3) is 11.8 Å². The molecule has 1 fully saturated rings. The molecule has 2 aliphatic heterocycles. The molecular weight excluding hydrogens is 480 g/mol. The molecule has 1 saturated heterocycles. The van der Waals surface area contributed by atoms with Crippen LogP contribution in [-0.4, -0.2) is 58.2 Å². The Bertz CT molecular complexity index is 1370. The van der Waals surface area contributed by atoms with Crippen LogP contribution >= 0.6 is 0 Å². The van der Waals surface area contributed by atoms with Crippen LogP contribution in [0.3, 0.4) is 0 Å². The smallest absolute Gasteiger partial charge is 0.298 e. The summed E-state index contributed by atoms with van der Waals surface area (Å²) >= 11 is 0. The molecule has 0 spiro atoms. The lowest BCUT2D eigenvalue weighted by molar-refractivity contribution is -0.126. The molecule has 2 unspecified atom stereocenters. The summed E-state index contributed by atoms with van der Waals surface area (Å²) in [4.78, 5) is 37.9. The lowest BCUT2D eigenvalue weighted by Crippen LogP contribution is -2.49. The molecule has 1 aromatic heterocycles. The quantitative estimate of drug-likeness (QED) is 0.572. The molecular formula is C29H32N6O3. The standard InChI is InChI=1S/C29H32N6O3/c1-5-9-26(36)35-16-8-10-23(35)20(3)34-17-15-32-28(30)27(34)19(2)21-12-13-22(24(18-21)38-4)29(37)33-25-11-6-7-14-31-25/h6-7,11-15,17-18,20,23H,8,10,16H2,1-4H3,(H2,30,32)(H,31,33,37). The molecule has 0 aliphatic carbocycles. The van der Waals surface area contributed by atoms with E-state index in [1.807, 2.05) is 30.2 Å². The Balaban J connectivity index is 1.66. The zero-order chi connectivity index (χ0) is 27.2. The summed E-state index contributed by atoms with van der Waals surface area (Å²) in [6.07, 6.45) is 6.96. The summed E-state index contributed by atoms with van der Waals surface area (Å²) in [6, 6.07) is 10.6. The minimum atomic E-state index is -0.324. The second-order valence-electron chi connectivity index (χ2n) is 9.10. The normalized spacial score (nSPS) is 18.7. The second kappa shape index (κ2) is 11.6. The van der Waals surface area contributed by atoms with Gasteiger partial charge in [-0.3, -0.25) is 9.59 Å². The molecule has 38 heavy (non-hydrogen) atoms. The van der Waals surface area contributed by atoms with E-state index in [0.717, 1.165) is 29.7 Å². The van der Waals surface area contributed by atoms with E-state index in [2.05, 4.69) is 39.0 Å². The van der Waals surface area contributed by atoms with Crippen molar-refractivity contribution in [3.63, 3.8) is 0 Å². The third-order valence-corrected chi connectivity index (χ3v) is 6.87. The van der Waals surface area contributed by atoms with Gasteiger partial charge in [-0.05, 0) is 74.9 Å². The van der Waals surface area contributed by atoms with Crippen LogP contribution in [0.4, 0.5) is 5.82 Å². The van der Waals surface area contributed by atoms with Crippen LogP contribution in [0.25, 0.3) is 5.57 Å². The van der Waals surface area contributed by atoms with Crippen LogP contribution in [-0.2, 0) is 4.79 Å². The van der Waals surface area contributed by atoms with E-state index >= 15 is 0 Å². The molecule has 1 aromatic carbocycles. The number of nitrogens with one attached hydrogen (secondary N) is 1. The minimum Gasteiger partial charge on any atom is -0.496 e. The number of rotatable bonds is 6. The van der Waals surface area contributed by atoms with Crippen molar-refractivity contribution in [1.29, 1.82) is 0 Å². The number of pyridine rings is 1. The Hall–Kier alpha value is -4.58. The SMILES string of the molecule is CC#CC(=O)N1CCCC1C(C)N1C=CN=C(N)C1=C(C)c1ccc(C(=O)Nc2ccccn2)c(OC)c1. The number of carbonyl (C=O) groups excluding carboxylic acids is 2. The van der Waals surface area contributed by atoms with Gasteiger partial charge in [0.05, 0.1) is 30.5 Å². The highest BCUT2D eigenvalue weighted by Gasteiger charge is 2.36. The van der Waals surface area contributed by atoms with Crippen molar-refractivity contribution >= 4 is 29.0 Å². The lowest BCUT2D eigenvalue weighted by Gasteiger charge is -2.38. The third kappa shape index (κ3) is 5.39. The average Bonchev–Trinajstić information content (AvgIpc) is 3.43. The predicted molar refractivity (Wildman–Crippen MR) is 148 cm³/mol. The highest BCUT2D eigenvalue weighted by Crippen LogP contribution is 2.32. The first-order valence-corrected chi connectivity index (χ1v) is 12.5. The molecule has 2 aliphatic rings. The number of ether oxygens (including phenoxy) is 1. The molecule has 3 N–H and O–H groups in total.